The molecule has 1 unspecified atom stereocenters. The lowest BCUT2D eigenvalue weighted by Gasteiger charge is -2.10. The molecular formula is C15H21NO2S. The van der Waals surface area contributed by atoms with Gasteiger partial charge >= 0.3 is 0 Å². The van der Waals surface area contributed by atoms with E-state index in [0.717, 1.165) is 12.1 Å². The number of hydrogen-bond donors (Lipinski definition) is 1. The van der Waals surface area contributed by atoms with Crippen molar-refractivity contribution >= 4 is 15.9 Å². The predicted octanol–water partition coefficient (Wildman–Crippen LogP) is 2.64. The summed E-state index contributed by atoms with van der Waals surface area (Å²) >= 11 is 0. The van der Waals surface area contributed by atoms with E-state index in [0.29, 0.717) is 10.9 Å². The lowest BCUT2D eigenvalue weighted by Crippen LogP contribution is -2.25. The van der Waals surface area contributed by atoms with Crippen molar-refractivity contribution in [3.8, 4) is 0 Å². The SMILES string of the molecule is CS(=O)(=O)c1ccc(/C=C/C2CCCCCN2)cc1. The van der Waals surface area contributed by atoms with E-state index in [1.807, 2.05) is 12.1 Å². The molecule has 0 bridgehead atoms. The van der Waals surface area contributed by atoms with Gasteiger partial charge in [0.1, 0.15) is 0 Å². The molecule has 1 atom stereocenters. The van der Waals surface area contributed by atoms with Crippen LogP contribution in [-0.4, -0.2) is 27.3 Å². The average Bonchev–Trinajstić information content (AvgIpc) is 2.64. The van der Waals surface area contributed by atoms with E-state index in [1.54, 1.807) is 12.1 Å². The van der Waals surface area contributed by atoms with Crippen LogP contribution in [0.4, 0.5) is 0 Å². The predicted molar refractivity (Wildman–Crippen MR) is 78.8 cm³/mol. The summed E-state index contributed by atoms with van der Waals surface area (Å²) in [5, 5.41) is 3.50. The van der Waals surface area contributed by atoms with Gasteiger partial charge in [0.05, 0.1) is 4.90 Å². The van der Waals surface area contributed by atoms with Crippen molar-refractivity contribution < 1.29 is 8.42 Å². The van der Waals surface area contributed by atoms with Crippen molar-refractivity contribution in [2.45, 2.75) is 36.6 Å². The minimum absolute atomic E-state index is 0.372. The molecule has 1 fully saturated rings. The third kappa shape index (κ3) is 4.48. The molecule has 1 aliphatic heterocycles. The molecule has 1 N–H and O–H groups in total. The quantitative estimate of drug-likeness (QED) is 0.925. The van der Waals surface area contributed by atoms with Gasteiger partial charge in [0.25, 0.3) is 0 Å². The summed E-state index contributed by atoms with van der Waals surface area (Å²) < 4.78 is 22.7. The van der Waals surface area contributed by atoms with E-state index < -0.39 is 9.84 Å². The maximum Gasteiger partial charge on any atom is 0.175 e. The number of sulfone groups is 1. The number of hydrogen-bond acceptors (Lipinski definition) is 3. The molecule has 0 spiro atoms. The van der Waals surface area contributed by atoms with Gasteiger partial charge in [-0.3, -0.25) is 0 Å². The van der Waals surface area contributed by atoms with Gasteiger partial charge in [0.15, 0.2) is 9.84 Å². The Hall–Kier alpha value is -1.13. The summed E-state index contributed by atoms with van der Waals surface area (Å²) in [6.07, 6.45) is 10.5. The first-order valence-corrected chi connectivity index (χ1v) is 8.66. The first-order chi connectivity index (χ1) is 9.05. The molecular weight excluding hydrogens is 258 g/mol. The Morgan fingerprint density at radius 2 is 1.89 bits per heavy atom. The highest BCUT2D eigenvalue weighted by Crippen LogP contribution is 2.13. The largest absolute Gasteiger partial charge is 0.311 e. The van der Waals surface area contributed by atoms with Gasteiger partial charge in [-0.2, -0.15) is 0 Å². The van der Waals surface area contributed by atoms with Gasteiger partial charge < -0.3 is 5.32 Å². The maximum atomic E-state index is 11.4. The molecule has 0 aliphatic carbocycles. The molecule has 0 radical (unpaired) electrons. The second-order valence-electron chi connectivity index (χ2n) is 5.11. The third-order valence-electron chi connectivity index (χ3n) is 3.43. The van der Waals surface area contributed by atoms with Crippen molar-refractivity contribution in [3.05, 3.63) is 35.9 Å². The zero-order valence-corrected chi connectivity index (χ0v) is 12.1. The Morgan fingerprint density at radius 1 is 1.16 bits per heavy atom. The smallest absolute Gasteiger partial charge is 0.175 e. The standard InChI is InChI=1S/C15H21NO2S/c1-19(17,18)15-10-7-13(8-11-15)6-9-14-5-3-2-4-12-16-14/h6-11,14,16H,2-5,12H2,1H3/b9-6+. The second-order valence-corrected chi connectivity index (χ2v) is 7.13. The molecule has 0 saturated carbocycles. The summed E-state index contributed by atoms with van der Waals surface area (Å²) in [7, 11) is -3.10. The molecule has 1 aliphatic rings. The van der Waals surface area contributed by atoms with Crippen LogP contribution in [0.3, 0.4) is 0 Å². The van der Waals surface area contributed by atoms with Crippen LogP contribution in [0.15, 0.2) is 35.2 Å². The van der Waals surface area contributed by atoms with Crippen molar-refractivity contribution in [2.24, 2.45) is 0 Å². The monoisotopic (exact) mass is 279 g/mol. The maximum absolute atomic E-state index is 11.4. The highest BCUT2D eigenvalue weighted by atomic mass is 32.2. The van der Waals surface area contributed by atoms with Crippen LogP contribution in [0.1, 0.15) is 31.2 Å². The third-order valence-corrected chi connectivity index (χ3v) is 4.56. The minimum Gasteiger partial charge on any atom is -0.311 e. The molecule has 3 nitrogen and oxygen atoms in total. The molecule has 0 aromatic heterocycles. The topological polar surface area (TPSA) is 46.2 Å². The highest BCUT2D eigenvalue weighted by molar-refractivity contribution is 7.90. The molecule has 0 amide bonds. The summed E-state index contributed by atoms with van der Waals surface area (Å²) in [4.78, 5) is 0.372. The van der Waals surface area contributed by atoms with Gasteiger partial charge in [0, 0.05) is 12.3 Å². The summed E-state index contributed by atoms with van der Waals surface area (Å²) in [6.45, 7) is 1.09. The van der Waals surface area contributed by atoms with E-state index in [-0.39, 0.29) is 0 Å². The highest BCUT2D eigenvalue weighted by Gasteiger charge is 2.08. The van der Waals surface area contributed by atoms with Crippen LogP contribution in [0, 0.1) is 0 Å². The van der Waals surface area contributed by atoms with Crippen molar-refractivity contribution in [1.82, 2.24) is 5.32 Å². The molecule has 19 heavy (non-hydrogen) atoms. The number of rotatable bonds is 3. The number of benzene rings is 1. The molecule has 4 heteroatoms. The molecule has 1 heterocycles. The zero-order chi connectivity index (χ0) is 13.7. The zero-order valence-electron chi connectivity index (χ0n) is 11.3. The molecule has 1 aromatic rings. The van der Waals surface area contributed by atoms with Crippen molar-refractivity contribution in [1.29, 1.82) is 0 Å². The lowest BCUT2D eigenvalue weighted by atomic mass is 10.1. The first kappa shape index (κ1) is 14.3. The Bertz CT molecular complexity index is 524. The molecule has 2 rings (SSSR count). The van der Waals surface area contributed by atoms with Crippen LogP contribution in [0.5, 0.6) is 0 Å². The van der Waals surface area contributed by atoms with Crippen LogP contribution < -0.4 is 5.32 Å². The van der Waals surface area contributed by atoms with Gasteiger partial charge in [-0.1, -0.05) is 37.1 Å². The Labute approximate surface area is 115 Å². The Kier molecular flexibility index (Phi) is 4.77. The fraction of sp³-hybridized carbons (Fsp3) is 0.467. The van der Waals surface area contributed by atoms with Crippen LogP contribution in [0.25, 0.3) is 6.08 Å². The van der Waals surface area contributed by atoms with Crippen LogP contribution in [-0.2, 0) is 9.84 Å². The van der Waals surface area contributed by atoms with E-state index >= 15 is 0 Å². The van der Waals surface area contributed by atoms with Crippen molar-refractivity contribution in [3.63, 3.8) is 0 Å². The minimum atomic E-state index is -3.10. The van der Waals surface area contributed by atoms with Gasteiger partial charge in [-0.15, -0.1) is 0 Å². The molecule has 1 saturated heterocycles. The summed E-state index contributed by atoms with van der Waals surface area (Å²) in [5.74, 6) is 0. The number of nitrogens with one attached hydrogen (secondary N) is 1. The first-order valence-electron chi connectivity index (χ1n) is 6.77. The Balaban J connectivity index is 2.02. The second kappa shape index (κ2) is 6.35. The van der Waals surface area contributed by atoms with Gasteiger partial charge in [0.2, 0.25) is 0 Å². The van der Waals surface area contributed by atoms with Crippen LogP contribution >= 0.6 is 0 Å². The normalized spacial score (nSPS) is 21.4. The lowest BCUT2D eigenvalue weighted by molar-refractivity contribution is 0.599. The Morgan fingerprint density at radius 3 is 2.58 bits per heavy atom. The van der Waals surface area contributed by atoms with Crippen molar-refractivity contribution in [2.75, 3.05) is 12.8 Å². The summed E-state index contributed by atoms with van der Waals surface area (Å²) in [6, 6.07) is 7.47. The van der Waals surface area contributed by atoms with Gasteiger partial charge in [-0.25, -0.2) is 8.42 Å². The summed E-state index contributed by atoms with van der Waals surface area (Å²) in [5.41, 5.74) is 1.04. The van der Waals surface area contributed by atoms with E-state index in [4.69, 9.17) is 0 Å². The van der Waals surface area contributed by atoms with E-state index in [1.165, 1.54) is 31.9 Å². The fourth-order valence-corrected chi connectivity index (χ4v) is 2.90. The average molecular weight is 279 g/mol. The molecule has 104 valence electrons. The van der Waals surface area contributed by atoms with Crippen LogP contribution in [0.2, 0.25) is 0 Å². The molecule has 1 aromatic carbocycles. The van der Waals surface area contributed by atoms with E-state index in [9.17, 15) is 8.42 Å². The van der Waals surface area contributed by atoms with E-state index in [2.05, 4.69) is 17.5 Å². The van der Waals surface area contributed by atoms with Gasteiger partial charge in [-0.05, 0) is 37.1 Å². The fourth-order valence-electron chi connectivity index (χ4n) is 2.27.